The number of hydrogen-bond donors (Lipinski definition) is 1. The molecule has 3 saturated carbocycles. The number of alkyl carbamates (subject to hydrolysis) is 1. The lowest BCUT2D eigenvalue weighted by molar-refractivity contribution is -0.165. The normalized spacial score (nSPS) is 41.5. The third-order valence-corrected chi connectivity index (χ3v) is 9.92. The highest BCUT2D eigenvalue weighted by molar-refractivity contribution is 6.01. The summed E-state index contributed by atoms with van der Waals surface area (Å²) in [4.78, 5) is 38.1. The first-order chi connectivity index (χ1) is 15.6. The number of ether oxygens (including phenoxy) is 1. The van der Waals surface area contributed by atoms with Crippen molar-refractivity contribution in [2.45, 2.75) is 91.6 Å². The Bertz CT molecular complexity index is 890. The van der Waals surface area contributed by atoms with Crippen LogP contribution in [0.15, 0.2) is 23.8 Å². The van der Waals surface area contributed by atoms with Crippen molar-refractivity contribution in [2.24, 2.45) is 34.5 Å². The lowest BCUT2D eigenvalue weighted by Gasteiger charge is -2.58. The third kappa shape index (κ3) is 3.61. The number of carbonyl (C=O) groups excluding carboxylic acids is 3. The van der Waals surface area contributed by atoms with E-state index in [1.54, 1.807) is 13.0 Å². The van der Waals surface area contributed by atoms with Crippen LogP contribution in [0.4, 0.5) is 4.79 Å². The van der Waals surface area contributed by atoms with Gasteiger partial charge in [-0.25, -0.2) is 4.79 Å². The topological polar surface area (TPSA) is 72.5 Å². The van der Waals surface area contributed by atoms with Gasteiger partial charge in [-0.3, -0.25) is 9.59 Å². The van der Waals surface area contributed by atoms with Gasteiger partial charge in [-0.15, -0.1) is 0 Å². The van der Waals surface area contributed by atoms with Crippen LogP contribution < -0.4 is 5.32 Å². The largest absolute Gasteiger partial charge is 0.434 e. The van der Waals surface area contributed by atoms with Gasteiger partial charge in [-0.2, -0.15) is 0 Å². The number of carbonyl (C=O) groups is 3. The average molecular weight is 456 g/mol. The Kier molecular flexibility index (Phi) is 6.39. The van der Waals surface area contributed by atoms with Gasteiger partial charge in [-0.05, 0) is 75.4 Å². The zero-order valence-corrected chi connectivity index (χ0v) is 21.0. The van der Waals surface area contributed by atoms with Crippen molar-refractivity contribution in [1.82, 2.24) is 5.32 Å². The summed E-state index contributed by atoms with van der Waals surface area (Å²) in [5.74, 6) is 1.31. The fourth-order valence-corrected chi connectivity index (χ4v) is 8.31. The van der Waals surface area contributed by atoms with E-state index < -0.39 is 11.7 Å². The van der Waals surface area contributed by atoms with Crippen molar-refractivity contribution >= 4 is 17.7 Å². The zero-order chi connectivity index (χ0) is 24.0. The van der Waals surface area contributed by atoms with E-state index in [9.17, 15) is 14.4 Å². The Balaban J connectivity index is 1.61. The molecule has 7 atom stereocenters. The second kappa shape index (κ2) is 8.70. The standard InChI is InChI=1S/C28H41NO4/c1-6-7-8-15-29-25(32)33-28(19(3)30)18(2)16-24-22-10-9-20-17-21(31)11-13-26(20,4)23(22)12-14-27(24,28)5/h11,13,17-18,22-24H,6-10,12,14-16H2,1-5H3,(H,29,32)/t18?,22-,23+,24+,26+,27+,28+/m1/s1. The van der Waals surface area contributed by atoms with Gasteiger partial charge in [0.25, 0.3) is 0 Å². The lowest BCUT2D eigenvalue weighted by atomic mass is 9.47. The monoisotopic (exact) mass is 455 g/mol. The average Bonchev–Trinajstić information content (AvgIpc) is 2.99. The first kappa shape index (κ1) is 24.2. The van der Waals surface area contributed by atoms with E-state index in [-0.39, 0.29) is 28.3 Å². The minimum atomic E-state index is -1.08. The van der Waals surface area contributed by atoms with Crippen LogP contribution in [0.2, 0.25) is 0 Å². The Morgan fingerprint density at radius 3 is 2.64 bits per heavy atom. The molecular weight excluding hydrogens is 414 g/mol. The van der Waals surface area contributed by atoms with Crippen molar-refractivity contribution < 1.29 is 19.1 Å². The molecule has 4 aliphatic rings. The van der Waals surface area contributed by atoms with Crippen LogP contribution in [0.5, 0.6) is 0 Å². The molecule has 0 aromatic carbocycles. The maximum absolute atomic E-state index is 13.3. The summed E-state index contributed by atoms with van der Waals surface area (Å²) in [5.41, 5.74) is -0.259. The molecule has 1 unspecified atom stereocenters. The zero-order valence-electron chi connectivity index (χ0n) is 21.0. The molecular formula is C28H41NO4. The van der Waals surface area contributed by atoms with Gasteiger partial charge in [0.1, 0.15) is 0 Å². The van der Waals surface area contributed by atoms with E-state index in [0.717, 1.165) is 51.4 Å². The van der Waals surface area contributed by atoms with Crippen LogP contribution in [0.3, 0.4) is 0 Å². The van der Waals surface area contributed by atoms with Gasteiger partial charge in [0.2, 0.25) is 0 Å². The quantitative estimate of drug-likeness (QED) is 0.515. The Morgan fingerprint density at radius 1 is 1.18 bits per heavy atom. The molecule has 4 aliphatic carbocycles. The van der Waals surface area contributed by atoms with E-state index in [2.05, 4.69) is 39.1 Å². The molecule has 182 valence electrons. The lowest BCUT2D eigenvalue weighted by Crippen LogP contribution is -2.60. The second-order valence-electron chi connectivity index (χ2n) is 11.5. The minimum absolute atomic E-state index is 0.0154. The molecule has 5 heteroatoms. The predicted octanol–water partition coefficient (Wildman–Crippen LogP) is 5.78. The molecule has 1 N–H and O–H groups in total. The molecule has 33 heavy (non-hydrogen) atoms. The fourth-order valence-electron chi connectivity index (χ4n) is 8.31. The summed E-state index contributed by atoms with van der Waals surface area (Å²) in [5, 5.41) is 2.90. The number of allylic oxidation sites excluding steroid dienone is 4. The third-order valence-electron chi connectivity index (χ3n) is 9.92. The van der Waals surface area contributed by atoms with E-state index in [4.69, 9.17) is 4.74 Å². The molecule has 3 fully saturated rings. The van der Waals surface area contributed by atoms with Gasteiger partial charge in [0.05, 0.1) is 0 Å². The predicted molar refractivity (Wildman–Crippen MR) is 129 cm³/mol. The molecule has 0 spiro atoms. The highest BCUT2D eigenvalue weighted by Gasteiger charge is 2.70. The van der Waals surface area contributed by atoms with E-state index in [1.807, 2.05) is 6.08 Å². The molecule has 0 saturated heterocycles. The fraction of sp³-hybridized carbons (Fsp3) is 0.750. The van der Waals surface area contributed by atoms with Crippen LogP contribution >= 0.6 is 0 Å². The van der Waals surface area contributed by atoms with E-state index in [1.165, 1.54) is 5.57 Å². The molecule has 4 rings (SSSR count). The number of ketones is 2. The van der Waals surface area contributed by atoms with Crippen molar-refractivity contribution in [3.63, 3.8) is 0 Å². The van der Waals surface area contributed by atoms with Crippen molar-refractivity contribution in [1.29, 1.82) is 0 Å². The molecule has 0 aromatic heterocycles. The number of unbranched alkanes of at least 4 members (excludes halogenated alkanes) is 2. The summed E-state index contributed by atoms with van der Waals surface area (Å²) >= 11 is 0. The van der Waals surface area contributed by atoms with Crippen molar-refractivity contribution in [3.05, 3.63) is 23.8 Å². The van der Waals surface area contributed by atoms with E-state index in [0.29, 0.717) is 24.3 Å². The molecule has 1 amide bonds. The maximum Gasteiger partial charge on any atom is 0.408 e. The number of rotatable bonds is 6. The van der Waals surface area contributed by atoms with Crippen LogP contribution in [0.1, 0.15) is 86.0 Å². The van der Waals surface area contributed by atoms with Gasteiger partial charge in [0, 0.05) is 23.3 Å². The number of nitrogens with one attached hydrogen (secondary N) is 1. The van der Waals surface area contributed by atoms with Crippen LogP contribution in [-0.4, -0.2) is 29.8 Å². The summed E-state index contributed by atoms with van der Waals surface area (Å²) in [6.45, 7) is 10.9. The SMILES string of the molecule is CCCCCNC(=O)O[C@]1(C(C)=O)C(C)C[C@H]2[C@@H]3CCC4=CC(=O)C=C[C@]4(C)[C@H]3CC[C@@]21C. The number of amides is 1. The molecule has 0 heterocycles. The Morgan fingerprint density at radius 2 is 1.94 bits per heavy atom. The molecule has 0 aliphatic heterocycles. The van der Waals surface area contributed by atoms with Crippen molar-refractivity contribution in [2.75, 3.05) is 6.54 Å². The van der Waals surface area contributed by atoms with Crippen LogP contribution in [0.25, 0.3) is 0 Å². The first-order valence-corrected chi connectivity index (χ1v) is 13.0. The summed E-state index contributed by atoms with van der Waals surface area (Å²) in [6.07, 6.45) is 13.1. The Labute approximate surface area is 198 Å². The number of fused-ring (bicyclic) bond motifs is 5. The molecule has 0 aromatic rings. The van der Waals surface area contributed by atoms with Gasteiger partial charge >= 0.3 is 6.09 Å². The first-order valence-electron chi connectivity index (χ1n) is 13.0. The molecule has 0 radical (unpaired) electrons. The number of hydrogen-bond acceptors (Lipinski definition) is 4. The summed E-state index contributed by atoms with van der Waals surface area (Å²) in [6, 6.07) is 0. The highest BCUT2D eigenvalue weighted by atomic mass is 16.6. The summed E-state index contributed by atoms with van der Waals surface area (Å²) < 4.78 is 6.18. The van der Waals surface area contributed by atoms with Crippen molar-refractivity contribution in [3.8, 4) is 0 Å². The number of Topliss-reactive ketones (excluding diaryl/α,β-unsaturated/α-hetero) is 1. The van der Waals surface area contributed by atoms with Gasteiger partial charge in [0.15, 0.2) is 17.2 Å². The summed E-state index contributed by atoms with van der Waals surface area (Å²) in [7, 11) is 0. The van der Waals surface area contributed by atoms with Crippen LogP contribution in [-0.2, 0) is 14.3 Å². The Hall–Kier alpha value is -1.91. The highest BCUT2D eigenvalue weighted by Crippen LogP contribution is 2.69. The minimum Gasteiger partial charge on any atom is -0.434 e. The maximum atomic E-state index is 13.3. The second-order valence-corrected chi connectivity index (χ2v) is 11.5. The van der Waals surface area contributed by atoms with Gasteiger partial charge in [-0.1, -0.05) is 52.2 Å². The van der Waals surface area contributed by atoms with E-state index >= 15 is 0 Å². The smallest absolute Gasteiger partial charge is 0.408 e. The molecule has 5 nitrogen and oxygen atoms in total. The van der Waals surface area contributed by atoms with Gasteiger partial charge < -0.3 is 10.1 Å². The molecule has 0 bridgehead atoms. The van der Waals surface area contributed by atoms with Crippen LogP contribution in [0, 0.1) is 34.5 Å².